The van der Waals surface area contributed by atoms with Gasteiger partial charge in [0, 0.05) is 10.3 Å². The summed E-state index contributed by atoms with van der Waals surface area (Å²) in [6, 6.07) is 0. The van der Waals surface area contributed by atoms with Crippen molar-refractivity contribution < 1.29 is 19.8 Å². The first-order chi connectivity index (χ1) is 10.6. The van der Waals surface area contributed by atoms with Crippen LogP contribution >= 0.6 is 23.1 Å². The normalized spacial score (nSPS) is 15.5. The molecule has 1 atom stereocenters. The molecule has 0 unspecified atom stereocenters. The SMILES string of the molecule is O=C(O)C[C@H](Sc1ncnc2sc3c(c12)CCCC3)C(=O)O. The molecule has 0 saturated carbocycles. The van der Waals surface area contributed by atoms with Crippen LogP contribution in [0, 0.1) is 0 Å². The molecule has 0 aliphatic heterocycles. The Labute approximate surface area is 134 Å². The van der Waals surface area contributed by atoms with Crippen LogP contribution in [0.4, 0.5) is 0 Å². The first kappa shape index (κ1) is 15.2. The number of thiophene rings is 1. The van der Waals surface area contributed by atoms with E-state index in [2.05, 4.69) is 9.97 Å². The summed E-state index contributed by atoms with van der Waals surface area (Å²) in [4.78, 5) is 32.8. The highest BCUT2D eigenvalue weighted by atomic mass is 32.2. The Kier molecular flexibility index (Phi) is 4.30. The number of rotatable bonds is 5. The van der Waals surface area contributed by atoms with Gasteiger partial charge in [0.05, 0.1) is 6.42 Å². The van der Waals surface area contributed by atoms with Crippen LogP contribution in [-0.2, 0) is 22.4 Å². The maximum absolute atomic E-state index is 11.3. The molecular weight excluding hydrogens is 324 g/mol. The van der Waals surface area contributed by atoms with E-state index in [1.165, 1.54) is 16.8 Å². The molecule has 0 amide bonds. The van der Waals surface area contributed by atoms with Crippen molar-refractivity contribution in [1.82, 2.24) is 9.97 Å². The van der Waals surface area contributed by atoms with E-state index in [4.69, 9.17) is 5.11 Å². The molecule has 2 aromatic rings. The molecule has 1 aliphatic carbocycles. The van der Waals surface area contributed by atoms with E-state index >= 15 is 0 Å². The van der Waals surface area contributed by atoms with Crippen LogP contribution in [0.5, 0.6) is 0 Å². The molecule has 22 heavy (non-hydrogen) atoms. The molecule has 0 aromatic carbocycles. The number of carboxylic acid groups (broad SMARTS) is 2. The van der Waals surface area contributed by atoms with Gasteiger partial charge in [-0.2, -0.15) is 0 Å². The molecule has 6 nitrogen and oxygen atoms in total. The molecule has 1 aliphatic rings. The molecule has 2 heterocycles. The molecule has 0 spiro atoms. The zero-order valence-corrected chi connectivity index (χ0v) is 13.2. The summed E-state index contributed by atoms with van der Waals surface area (Å²) >= 11 is 2.64. The fraction of sp³-hybridized carbons (Fsp3) is 0.429. The number of fused-ring (bicyclic) bond motifs is 3. The fourth-order valence-corrected chi connectivity index (χ4v) is 4.96. The van der Waals surface area contributed by atoms with Crippen molar-refractivity contribution in [2.75, 3.05) is 0 Å². The van der Waals surface area contributed by atoms with Gasteiger partial charge in [0.15, 0.2) is 0 Å². The number of thioether (sulfide) groups is 1. The molecule has 0 fully saturated rings. The molecule has 0 bridgehead atoms. The Morgan fingerprint density at radius 2 is 2.05 bits per heavy atom. The minimum Gasteiger partial charge on any atom is -0.481 e. The number of aryl methyl sites for hydroxylation is 2. The van der Waals surface area contributed by atoms with Crippen molar-refractivity contribution in [2.45, 2.75) is 42.4 Å². The lowest BCUT2D eigenvalue weighted by Gasteiger charge is -2.13. The van der Waals surface area contributed by atoms with Crippen molar-refractivity contribution in [3.8, 4) is 0 Å². The van der Waals surface area contributed by atoms with Crippen LogP contribution < -0.4 is 0 Å². The zero-order valence-electron chi connectivity index (χ0n) is 11.6. The van der Waals surface area contributed by atoms with Crippen molar-refractivity contribution in [1.29, 1.82) is 0 Å². The number of aliphatic carboxylic acids is 2. The van der Waals surface area contributed by atoms with Crippen molar-refractivity contribution >= 4 is 45.3 Å². The van der Waals surface area contributed by atoms with Gasteiger partial charge in [0.1, 0.15) is 21.4 Å². The molecule has 0 radical (unpaired) electrons. The number of nitrogens with zero attached hydrogens (tertiary/aromatic N) is 2. The van der Waals surface area contributed by atoms with E-state index in [0.29, 0.717) is 5.03 Å². The second kappa shape index (κ2) is 6.21. The number of hydrogen-bond acceptors (Lipinski definition) is 6. The topological polar surface area (TPSA) is 100 Å². The summed E-state index contributed by atoms with van der Waals surface area (Å²) in [7, 11) is 0. The summed E-state index contributed by atoms with van der Waals surface area (Å²) in [5.74, 6) is -2.26. The quantitative estimate of drug-likeness (QED) is 0.638. The van der Waals surface area contributed by atoms with Gasteiger partial charge >= 0.3 is 11.9 Å². The third kappa shape index (κ3) is 2.93. The standard InChI is InChI=1S/C14H14N2O4S2/c17-10(18)5-9(14(19)20)22-13-11-7-3-1-2-4-8(7)21-12(11)15-6-16-13/h6,9H,1-5H2,(H,17,18)(H,19,20)/t9-/m0/s1. The second-order valence-corrected chi connectivity index (χ2v) is 7.39. The molecule has 8 heteroatoms. The van der Waals surface area contributed by atoms with Crippen molar-refractivity contribution in [3.05, 3.63) is 16.8 Å². The van der Waals surface area contributed by atoms with Crippen LogP contribution in [0.1, 0.15) is 29.7 Å². The van der Waals surface area contributed by atoms with E-state index in [1.54, 1.807) is 11.3 Å². The maximum Gasteiger partial charge on any atom is 0.317 e. The minimum atomic E-state index is -1.14. The van der Waals surface area contributed by atoms with Crippen molar-refractivity contribution in [3.63, 3.8) is 0 Å². The Morgan fingerprint density at radius 3 is 2.77 bits per heavy atom. The Bertz CT molecular complexity index is 744. The molecule has 0 saturated heterocycles. The van der Waals surface area contributed by atoms with E-state index in [9.17, 15) is 14.7 Å². The molecule has 3 rings (SSSR count). The summed E-state index contributed by atoms with van der Waals surface area (Å²) in [5, 5.41) is 18.5. The average Bonchev–Trinajstić information content (AvgIpc) is 2.85. The van der Waals surface area contributed by atoms with E-state index < -0.39 is 23.6 Å². The Morgan fingerprint density at radius 1 is 1.27 bits per heavy atom. The third-order valence-corrected chi connectivity index (χ3v) is 5.99. The highest BCUT2D eigenvalue weighted by Gasteiger charge is 2.26. The number of carboxylic acids is 2. The van der Waals surface area contributed by atoms with Crippen LogP contribution in [0.25, 0.3) is 10.2 Å². The Balaban J connectivity index is 2.01. The molecule has 2 N–H and O–H groups in total. The first-order valence-electron chi connectivity index (χ1n) is 6.92. The van der Waals surface area contributed by atoms with E-state index in [-0.39, 0.29) is 0 Å². The average molecular weight is 338 g/mol. The smallest absolute Gasteiger partial charge is 0.317 e. The van der Waals surface area contributed by atoms with Crippen LogP contribution in [0.15, 0.2) is 11.4 Å². The lowest BCUT2D eigenvalue weighted by Crippen LogP contribution is -2.20. The third-order valence-electron chi connectivity index (χ3n) is 3.61. The molecule has 116 valence electrons. The van der Waals surface area contributed by atoms with Gasteiger partial charge in [0.2, 0.25) is 0 Å². The van der Waals surface area contributed by atoms with Crippen LogP contribution in [0.2, 0.25) is 0 Å². The highest BCUT2D eigenvalue weighted by molar-refractivity contribution is 8.00. The number of hydrogen-bond donors (Lipinski definition) is 2. The highest BCUT2D eigenvalue weighted by Crippen LogP contribution is 2.40. The van der Waals surface area contributed by atoms with Gasteiger partial charge in [-0.3, -0.25) is 9.59 Å². The van der Waals surface area contributed by atoms with Gasteiger partial charge in [0.25, 0.3) is 0 Å². The first-order valence-corrected chi connectivity index (χ1v) is 8.62. The van der Waals surface area contributed by atoms with Gasteiger partial charge in [-0.1, -0.05) is 11.8 Å². The minimum absolute atomic E-state index is 0.433. The summed E-state index contributed by atoms with van der Waals surface area (Å²) < 4.78 is 0. The maximum atomic E-state index is 11.3. The van der Waals surface area contributed by atoms with Gasteiger partial charge in [-0.15, -0.1) is 11.3 Å². The largest absolute Gasteiger partial charge is 0.481 e. The molecule has 2 aromatic heterocycles. The lowest BCUT2D eigenvalue weighted by atomic mass is 9.97. The van der Waals surface area contributed by atoms with Crippen LogP contribution in [-0.4, -0.2) is 37.4 Å². The fourth-order valence-electron chi connectivity index (χ4n) is 2.62. The van der Waals surface area contributed by atoms with Crippen LogP contribution in [0.3, 0.4) is 0 Å². The predicted octanol–water partition coefficient (Wildman–Crippen LogP) is 2.59. The van der Waals surface area contributed by atoms with Gasteiger partial charge in [-0.25, -0.2) is 9.97 Å². The van der Waals surface area contributed by atoms with Gasteiger partial charge in [-0.05, 0) is 31.2 Å². The summed E-state index contributed by atoms with van der Waals surface area (Å²) in [5.41, 5.74) is 1.22. The van der Waals surface area contributed by atoms with Crippen molar-refractivity contribution in [2.24, 2.45) is 0 Å². The predicted molar refractivity (Wildman–Crippen MR) is 83.6 cm³/mol. The second-order valence-electron chi connectivity index (χ2n) is 5.11. The van der Waals surface area contributed by atoms with E-state index in [0.717, 1.165) is 47.7 Å². The number of carbonyl (C=O) groups is 2. The lowest BCUT2D eigenvalue weighted by molar-refractivity contribution is -0.142. The summed E-state index contributed by atoms with van der Waals surface area (Å²) in [6.45, 7) is 0. The monoisotopic (exact) mass is 338 g/mol. The van der Waals surface area contributed by atoms with E-state index in [1.807, 2.05) is 0 Å². The number of aromatic nitrogens is 2. The Hall–Kier alpha value is -1.67. The molecular formula is C14H14N2O4S2. The summed E-state index contributed by atoms with van der Waals surface area (Å²) in [6.07, 6.45) is 5.23. The van der Waals surface area contributed by atoms with Gasteiger partial charge < -0.3 is 10.2 Å². The zero-order chi connectivity index (χ0) is 15.7.